The van der Waals surface area contributed by atoms with Gasteiger partial charge in [0, 0.05) is 17.4 Å². The third kappa shape index (κ3) is 2.66. The van der Waals surface area contributed by atoms with Crippen LogP contribution < -0.4 is 4.74 Å². The van der Waals surface area contributed by atoms with Gasteiger partial charge in [-0.15, -0.1) is 10.2 Å². The molecule has 0 atom stereocenters. The monoisotopic (exact) mass is 321 g/mol. The van der Waals surface area contributed by atoms with Gasteiger partial charge in [-0.3, -0.25) is 0 Å². The van der Waals surface area contributed by atoms with Gasteiger partial charge in [-0.25, -0.2) is 0 Å². The third-order valence-corrected chi connectivity index (χ3v) is 3.92. The van der Waals surface area contributed by atoms with Crippen LogP contribution in [0.15, 0.2) is 22.7 Å². The molecule has 2 aromatic rings. The second-order valence-corrected chi connectivity index (χ2v) is 5.76. The second-order valence-electron chi connectivity index (χ2n) is 4.84. The standard InChI is InChI=1S/C14H16BrN3O/c1-10-8-11(15)5-6-12(10)19-9-14-17-16-13-4-2-3-7-18(13)14/h5-6,8H,2-4,7,9H2,1H3. The largest absolute Gasteiger partial charge is 0.485 e. The number of benzene rings is 1. The van der Waals surface area contributed by atoms with E-state index in [0.717, 1.165) is 40.4 Å². The van der Waals surface area contributed by atoms with E-state index in [2.05, 4.69) is 36.8 Å². The third-order valence-electron chi connectivity index (χ3n) is 3.43. The first-order chi connectivity index (χ1) is 9.24. The summed E-state index contributed by atoms with van der Waals surface area (Å²) in [5.41, 5.74) is 1.12. The molecule has 0 amide bonds. The van der Waals surface area contributed by atoms with Crippen LogP contribution in [0.25, 0.3) is 0 Å². The van der Waals surface area contributed by atoms with E-state index in [0.29, 0.717) is 6.61 Å². The predicted octanol–water partition coefficient (Wildman–Crippen LogP) is 3.26. The van der Waals surface area contributed by atoms with E-state index < -0.39 is 0 Å². The molecule has 0 spiro atoms. The number of ether oxygens (including phenoxy) is 1. The van der Waals surface area contributed by atoms with Crippen molar-refractivity contribution in [2.75, 3.05) is 0 Å². The molecule has 2 heterocycles. The molecule has 0 bridgehead atoms. The van der Waals surface area contributed by atoms with Gasteiger partial charge in [0.25, 0.3) is 0 Å². The first-order valence-corrected chi connectivity index (χ1v) is 7.33. The minimum absolute atomic E-state index is 0.482. The molecule has 0 saturated carbocycles. The lowest BCUT2D eigenvalue weighted by atomic mass is 10.2. The number of fused-ring (bicyclic) bond motifs is 1. The molecule has 0 saturated heterocycles. The molecule has 1 aromatic heterocycles. The van der Waals surface area contributed by atoms with E-state index in [9.17, 15) is 0 Å². The topological polar surface area (TPSA) is 39.9 Å². The lowest BCUT2D eigenvalue weighted by molar-refractivity contribution is 0.284. The molecular formula is C14H16BrN3O. The summed E-state index contributed by atoms with van der Waals surface area (Å²) < 4.78 is 9.12. The van der Waals surface area contributed by atoms with Gasteiger partial charge in [0.2, 0.25) is 0 Å². The maximum absolute atomic E-state index is 5.86. The summed E-state index contributed by atoms with van der Waals surface area (Å²) >= 11 is 3.45. The second kappa shape index (κ2) is 5.33. The Morgan fingerprint density at radius 3 is 3.05 bits per heavy atom. The number of hydrogen-bond donors (Lipinski definition) is 0. The molecule has 4 nitrogen and oxygen atoms in total. The normalized spacial score (nSPS) is 14.2. The predicted molar refractivity (Wildman–Crippen MR) is 76.2 cm³/mol. The lowest BCUT2D eigenvalue weighted by Gasteiger charge is -2.15. The molecule has 0 radical (unpaired) electrons. The molecular weight excluding hydrogens is 306 g/mol. The van der Waals surface area contributed by atoms with E-state index in [1.807, 2.05) is 19.1 Å². The molecule has 0 aliphatic carbocycles. The molecule has 3 rings (SSSR count). The Bertz CT molecular complexity index is 594. The number of halogens is 1. The minimum atomic E-state index is 0.482. The highest BCUT2D eigenvalue weighted by atomic mass is 79.9. The van der Waals surface area contributed by atoms with Crippen LogP contribution in [0.5, 0.6) is 5.75 Å². The van der Waals surface area contributed by atoms with Gasteiger partial charge in [-0.2, -0.15) is 0 Å². The zero-order chi connectivity index (χ0) is 13.2. The number of aryl methyl sites for hydroxylation is 2. The van der Waals surface area contributed by atoms with Crippen molar-refractivity contribution in [3.63, 3.8) is 0 Å². The van der Waals surface area contributed by atoms with Gasteiger partial charge in [-0.1, -0.05) is 15.9 Å². The summed E-state index contributed by atoms with van der Waals surface area (Å²) in [6, 6.07) is 6.02. The van der Waals surface area contributed by atoms with Gasteiger partial charge >= 0.3 is 0 Å². The zero-order valence-corrected chi connectivity index (χ0v) is 12.5. The van der Waals surface area contributed by atoms with Gasteiger partial charge < -0.3 is 9.30 Å². The van der Waals surface area contributed by atoms with E-state index in [4.69, 9.17) is 4.74 Å². The Morgan fingerprint density at radius 1 is 1.32 bits per heavy atom. The molecule has 5 heteroatoms. The lowest BCUT2D eigenvalue weighted by Crippen LogP contribution is -2.14. The first-order valence-electron chi connectivity index (χ1n) is 6.54. The summed E-state index contributed by atoms with van der Waals surface area (Å²) in [6.07, 6.45) is 3.45. The maximum Gasteiger partial charge on any atom is 0.171 e. The van der Waals surface area contributed by atoms with Crippen LogP contribution in [0, 0.1) is 6.92 Å². The summed E-state index contributed by atoms with van der Waals surface area (Å²) in [6.45, 7) is 3.54. The van der Waals surface area contributed by atoms with Gasteiger partial charge in [-0.05, 0) is 43.5 Å². The van der Waals surface area contributed by atoms with Crippen molar-refractivity contribution in [2.45, 2.75) is 39.3 Å². The summed E-state index contributed by atoms with van der Waals surface area (Å²) in [5, 5.41) is 8.47. The van der Waals surface area contributed by atoms with E-state index in [1.165, 1.54) is 12.8 Å². The quantitative estimate of drug-likeness (QED) is 0.871. The minimum Gasteiger partial charge on any atom is -0.485 e. The Labute approximate surface area is 120 Å². The average molecular weight is 322 g/mol. The fourth-order valence-electron chi connectivity index (χ4n) is 2.39. The molecule has 1 aromatic carbocycles. The summed E-state index contributed by atoms with van der Waals surface area (Å²) in [4.78, 5) is 0. The maximum atomic E-state index is 5.86. The fraction of sp³-hybridized carbons (Fsp3) is 0.429. The zero-order valence-electron chi connectivity index (χ0n) is 10.9. The van der Waals surface area contributed by atoms with Crippen molar-refractivity contribution in [3.8, 4) is 5.75 Å². The number of hydrogen-bond acceptors (Lipinski definition) is 3. The summed E-state index contributed by atoms with van der Waals surface area (Å²) in [7, 11) is 0. The van der Waals surface area contributed by atoms with Crippen LogP contribution in [0.1, 0.15) is 30.1 Å². The highest BCUT2D eigenvalue weighted by molar-refractivity contribution is 9.10. The van der Waals surface area contributed by atoms with Crippen LogP contribution in [-0.2, 0) is 19.6 Å². The molecule has 19 heavy (non-hydrogen) atoms. The van der Waals surface area contributed by atoms with Gasteiger partial charge in [0.15, 0.2) is 5.82 Å². The Kier molecular flexibility index (Phi) is 3.55. The number of nitrogens with zero attached hydrogens (tertiary/aromatic N) is 3. The molecule has 1 aliphatic heterocycles. The number of rotatable bonds is 3. The van der Waals surface area contributed by atoms with Crippen molar-refractivity contribution >= 4 is 15.9 Å². The molecule has 0 unspecified atom stereocenters. The molecule has 0 fully saturated rings. The highest BCUT2D eigenvalue weighted by Gasteiger charge is 2.16. The smallest absolute Gasteiger partial charge is 0.171 e. The van der Waals surface area contributed by atoms with E-state index in [-0.39, 0.29) is 0 Å². The van der Waals surface area contributed by atoms with Crippen molar-refractivity contribution in [2.24, 2.45) is 0 Å². The van der Waals surface area contributed by atoms with Gasteiger partial charge in [0.1, 0.15) is 18.2 Å². The van der Waals surface area contributed by atoms with Crippen molar-refractivity contribution in [1.29, 1.82) is 0 Å². The van der Waals surface area contributed by atoms with Crippen LogP contribution >= 0.6 is 15.9 Å². The van der Waals surface area contributed by atoms with Crippen LogP contribution in [0.4, 0.5) is 0 Å². The van der Waals surface area contributed by atoms with E-state index >= 15 is 0 Å². The Morgan fingerprint density at radius 2 is 2.21 bits per heavy atom. The first kappa shape index (κ1) is 12.7. The Balaban J connectivity index is 1.74. The summed E-state index contributed by atoms with van der Waals surface area (Å²) in [5.74, 6) is 2.92. The molecule has 0 N–H and O–H groups in total. The van der Waals surface area contributed by atoms with Crippen LogP contribution in [0.3, 0.4) is 0 Å². The number of aromatic nitrogens is 3. The van der Waals surface area contributed by atoms with Gasteiger partial charge in [0.05, 0.1) is 0 Å². The van der Waals surface area contributed by atoms with Crippen molar-refractivity contribution in [3.05, 3.63) is 39.9 Å². The van der Waals surface area contributed by atoms with Crippen molar-refractivity contribution < 1.29 is 4.74 Å². The average Bonchev–Trinajstić information content (AvgIpc) is 2.81. The molecule has 100 valence electrons. The van der Waals surface area contributed by atoms with E-state index in [1.54, 1.807) is 0 Å². The SMILES string of the molecule is Cc1cc(Br)ccc1OCc1nnc2n1CCCC2. The van der Waals surface area contributed by atoms with Crippen LogP contribution in [-0.4, -0.2) is 14.8 Å². The Hall–Kier alpha value is -1.36. The highest BCUT2D eigenvalue weighted by Crippen LogP contribution is 2.23. The van der Waals surface area contributed by atoms with Crippen molar-refractivity contribution in [1.82, 2.24) is 14.8 Å². The molecule has 1 aliphatic rings. The fourth-order valence-corrected chi connectivity index (χ4v) is 2.87. The van der Waals surface area contributed by atoms with Crippen LogP contribution in [0.2, 0.25) is 0 Å².